The smallest absolute Gasteiger partial charge is 0.338 e. The molecule has 0 atom stereocenters. The number of anilines is 2. The number of aliphatic hydroxyl groups excluding tert-OH is 1. The second-order valence-corrected chi connectivity index (χ2v) is 2.86. The van der Waals surface area contributed by atoms with Gasteiger partial charge in [0.25, 0.3) is 0 Å². The van der Waals surface area contributed by atoms with Crippen LogP contribution in [0.4, 0.5) is 11.4 Å². The molecule has 15 heavy (non-hydrogen) atoms. The Morgan fingerprint density at radius 2 is 1.87 bits per heavy atom. The number of hydrogen-bond donors (Lipinski definition) is 4. The molecule has 0 spiro atoms. The number of nitrogens with two attached hydrogens (primary N) is 2. The number of esters is 1. The molecule has 0 aliphatic rings. The van der Waals surface area contributed by atoms with E-state index in [-0.39, 0.29) is 35.9 Å². The number of hydrogen-bond acceptors (Lipinski definition) is 6. The van der Waals surface area contributed by atoms with E-state index in [0.29, 0.717) is 0 Å². The van der Waals surface area contributed by atoms with Crippen LogP contribution in [0.25, 0.3) is 0 Å². The Labute approximate surface area is 86.1 Å². The maximum absolute atomic E-state index is 11.3. The van der Waals surface area contributed by atoms with Crippen LogP contribution in [0.15, 0.2) is 12.1 Å². The van der Waals surface area contributed by atoms with E-state index in [1.165, 1.54) is 12.1 Å². The molecule has 0 saturated carbocycles. The quantitative estimate of drug-likeness (QED) is 0.310. The third-order valence-corrected chi connectivity index (χ3v) is 1.73. The highest BCUT2D eigenvalue weighted by Crippen LogP contribution is 2.28. The van der Waals surface area contributed by atoms with Crippen LogP contribution in [0.2, 0.25) is 0 Å². The summed E-state index contributed by atoms with van der Waals surface area (Å²) in [6.07, 6.45) is 0. The molecule has 0 aromatic heterocycles. The van der Waals surface area contributed by atoms with Crippen LogP contribution < -0.4 is 11.5 Å². The molecule has 0 amide bonds. The maximum atomic E-state index is 11.3. The molecule has 1 aromatic rings. The summed E-state index contributed by atoms with van der Waals surface area (Å²) >= 11 is 0. The predicted octanol–water partition coefficient (Wildman–Crippen LogP) is -0.294. The summed E-state index contributed by atoms with van der Waals surface area (Å²) in [5.41, 5.74) is 10.9. The van der Waals surface area contributed by atoms with Crippen molar-refractivity contribution in [2.24, 2.45) is 0 Å². The van der Waals surface area contributed by atoms with E-state index in [0.717, 1.165) is 0 Å². The lowest BCUT2D eigenvalue weighted by Crippen LogP contribution is -2.09. The monoisotopic (exact) mass is 212 g/mol. The van der Waals surface area contributed by atoms with Crippen molar-refractivity contribution in [3.8, 4) is 5.75 Å². The molecule has 82 valence electrons. The van der Waals surface area contributed by atoms with Crippen LogP contribution in [0.5, 0.6) is 5.75 Å². The van der Waals surface area contributed by atoms with Crippen LogP contribution in [0, 0.1) is 0 Å². The first-order chi connectivity index (χ1) is 7.06. The van der Waals surface area contributed by atoms with E-state index in [4.69, 9.17) is 16.6 Å². The van der Waals surface area contributed by atoms with Crippen LogP contribution in [-0.2, 0) is 4.74 Å². The van der Waals surface area contributed by atoms with Gasteiger partial charge >= 0.3 is 5.97 Å². The van der Waals surface area contributed by atoms with Gasteiger partial charge in [0.15, 0.2) is 5.75 Å². The average molecular weight is 212 g/mol. The largest absolute Gasteiger partial charge is 0.504 e. The Kier molecular flexibility index (Phi) is 3.35. The van der Waals surface area contributed by atoms with E-state index >= 15 is 0 Å². The van der Waals surface area contributed by atoms with Crippen LogP contribution in [-0.4, -0.2) is 29.4 Å². The molecular formula is C9H12N2O4. The third kappa shape index (κ3) is 2.50. The minimum Gasteiger partial charge on any atom is -0.504 e. The second-order valence-electron chi connectivity index (χ2n) is 2.86. The van der Waals surface area contributed by atoms with Gasteiger partial charge in [-0.3, -0.25) is 0 Å². The highest BCUT2D eigenvalue weighted by atomic mass is 16.5. The normalized spacial score (nSPS) is 9.93. The number of carbonyl (C=O) groups is 1. The molecule has 6 nitrogen and oxygen atoms in total. The van der Waals surface area contributed by atoms with Gasteiger partial charge in [0.05, 0.1) is 23.5 Å². The Balaban J connectivity index is 2.91. The first-order valence-corrected chi connectivity index (χ1v) is 4.22. The van der Waals surface area contributed by atoms with Gasteiger partial charge in [0.2, 0.25) is 0 Å². The third-order valence-electron chi connectivity index (χ3n) is 1.73. The maximum Gasteiger partial charge on any atom is 0.338 e. The van der Waals surface area contributed by atoms with Crippen molar-refractivity contribution in [1.82, 2.24) is 0 Å². The SMILES string of the molecule is Nc1cc(C(=O)OCCO)cc(N)c1O. The van der Waals surface area contributed by atoms with Gasteiger partial charge in [-0.25, -0.2) is 4.79 Å². The summed E-state index contributed by atoms with van der Waals surface area (Å²) in [5, 5.41) is 17.7. The number of rotatable bonds is 3. The molecule has 0 aliphatic carbocycles. The van der Waals surface area contributed by atoms with Crippen molar-refractivity contribution in [3.05, 3.63) is 17.7 Å². The van der Waals surface area contributed by atoms with Gasteiger partial charge in [0, 0.05) is 0 Å². The summed E-state index contributed by atoms with van der Waals surface area (Å²) in [6, 6.07) is 2.51. The molecule has 0 saturated heterocycles. The fraction of sp³-hybridized carbons (Fsp3) is 0.222. The minimum atomic E-state index is -0.651. The van der Waals surface area contributed by atoms with Crippen LogP contribution in [0.3, 0.4) is 0 Å². The Hall–Kier alpha value is -1.95. The first kappa shape index (κ1) is 11.1. The number of ether oxygens (including phenoxy) is 1. The van der Waals surface area contributed by atoms with E-state index < -0.39 is 5.97 Å². The Bertz CT molecular complexity index is 355. The molecule has 0 unspecified atom stereocenters. The summed E-state index contributed by atoms with van der Waals surface area (Å²) < 4.78 is 4.65. The van der Waals surface area contributed by atoms with Gasteiger partial charge in [0.1, 0.15) is 6.61 Å². The van der Waals surface area contributed by atoms with Crippen molar-refractivity contribution in [1.29, 1.82) is 0 Å². The highest BCUT2D eigenvalue weighted by Gasteiger charge is 2.11. The lowest BCUT2D eigenvalue weighted by molar-refractivity contribution is 0.0434. The zero-order valence-corrected chi connectivity index (χ0v) is 7.93. The Morgan fingerprint density at radius 3 is 2.33 bits per heavy atom. The topological polar surface area (TPSA) is 119 Å². The average Bonchev–Trinajstić information content (AvgIpc) is 2.21. The standard InChI is InChI=1S/C9H12N2O4/c10-6-3-5(4-7(11)8(6)13)9(14)15-2-1-12/h3-4,12-13H,1-2,10-11H2. The van der Waals surface area contributed by atoms with E-state index in [1.54, 1.807) is 0 Å². The number of aliphatic hydroxyl groups is 1. The van der Waals surface area contributed by atoms with Crippen molar-refractivity contribution in [3.63, 3.8) is 0 Å². The van der Waals surface area contributed by atoms with Gasteiger partial charge in [-0.2, -0.15) is 0 Å². The zero-order valence-electron chi connectivity index (χ0n) is 7.93. The van der Waals surface area contributed by atoms with Gasteiger partial charge in [-0.15, -0.1) is 0 Å². The molecular weight excluding hydrogens is 200 g/mol. The van der Waals surface area contributed by atoms with Crippen molar-refractivity contribution < 1.29 is 19.7 Å². The van der Waals surface area contributed by atoms with Crippen molar-refractivity contribution in [2.75, 3.05) is 24.7 Å². The molecule has 0 heterocycles. The van der Waals surface area contributed by atoms with E-state index in [2.05, 4.69) is 4.74 Å². The fourth-order valence-electron chi connectivity index (χ4n) is 1.02. The molecule has 1 aromatic carbocycles. The number of nitrogen functional groups attached to an aromatic ring is 2. The second kappa shape index (κ2) is 4.52. The summed E-state index contributed by atoms with van der Waals surface area (Å²) in [7, 11) is 0. The highest BCUT2D eigenvalue weighted by molar-refractivity contribution is 5.93. The molecule has 0 bridgehead atoms. The molecule has 1 rings (SSSR count). The minimum absolute atomic E-state index is 0.00551. The summed E-state index contributed by atoms with van der Waals surface area (Å²) in [5.74, 6) is -0.906. The zero-order chi connectivity index (χ0) is 11.4. The Morgan fingerprint density at radius 1 is 1.33 bits per heavy atom. The van der Waals surface area contributed by atoms with E-state index in [1.807, 2.05) is 0 Å². The lowest BCUT2D eigenvalue weighted by Gasteiger charge is -2.07. The predicted molar refractivity (Wildman–Crippen MR) is 54.3 cm³/mol. The number of phenolic OH excluding ortho intramolecular Hbond substituents is 1. The van der Waals surface area contributed by atoms with Crippen molar-refractivity contribution >= 4 is 17.3 Å². The van der Waals surface area contributed by atoms with Gasteiger partial charge in [-0.05, 0) is 12.1 Å². The molecule has 0 aliphatic heterocycles. The van der Waals surface area contributed by atoms with Crippen LogP contribution in [0.1, 0.15) is 10.4 Å². The number of carbonyl (C=O) groups excluding carboxylic acids is 1. The number of phenols is 1. The van der Waals surface area contributed by atoms with Gasteiger partial charge in [-0.1, -0.05) is 0 Å². The van der Waals surface area contributed by atoms with Crippen LogP contribution >= 0.6 is 0 Å². The van der Waals surface area contributed by atoms with Crippen molar-refractivity contribution in [2.45, 2.75) is 0 Å². The first-order valence-electron chi connectivity index (χ1n) is 4.22. The molecule has 6 N–H and O–H groups in total. The molecule has 0 fully saturated rings. The number of aromatic hydroxyl groups is 1. The van der Waals surface area contributed by atoms with Gasteiger partial charge < -0.3 is 26.4 Å². The summed E-state index contributed by atoms with van der Waals surface area (Å²) in [6.45, 7) is -0.353. The molecule has 0 radical (unpaired) electrons. The lowest BCUT2D eigenvalue weighted by atomic mass is 10.1. The summed E-state index contributed by atoms with van der Waals surface area (Å²) in [4.78, 5) is 11.3. The fourth-order valence-corrected chi connectivity index (χ4v) is 1.02. The number of benzene rings is 1. The molecule has 6 heteroatoms. The van der Waals surface area contributed by atoms with E-state index in [9.17, 15) is 9.90 Å².